The second kappa shape index (κ2) is 11.5. The van der Waals surface area contributed by atoms with Gasteiger partial charge in [0.15, 0.2) is 0 Å². The summed E-state index contributed by atoms with van der Waals surface area (Å²) in [6, 6.07) is 3.78. The lowest BCUT2D eigenvalue weighted by molar-refractivity contribution is 0.00861. The fourth-order valence-corrected chi connectivity index (χ4v) is 4.18. The molecule has 2 aliphatic heterocycles. The molecule has 0 spiro atoms. The molecular formula is C26H36BrFN4O4. The highest BCUT2D eigenvalue weighted by molar-refractivity contribution is 9.10. The number of piperidine rings is 1. The van der Waals surface area contributed by atoms with Crippen molar-refractivity contribution >= 4 is 33.4 Å². The van der Waals surface area contributed by atoms with E-state index >= 15 is 0 Å². The summed E-state index contributed by atoms with van der Waals surface area (Å²) in [5.74, 6) is -4.12. The Morgan fingerprint density at radius 3 is 2.92 bits per heavy atom. The molecule has 0 radical (unpaired) electrons. The maximum atomic E-state index is 14.8. The van der Waals surface area contributed by atoms with Crippen LogP contribution in [0.4, 0.5) is 14.9 Å². The number of aliphatic imine (C=N–C) groups is 1. The van der Waals surface area contributed by atoms with Crippen molar-refractivity contribution in [2.24, 2.45) is 16.8 Å². The fourth-order valence-electron chi connectivity index (χ4n) is 3.85. The van der Waals surface area contributed by atoms with E-state index in [4.69, 9.17) is 27.9 Å². The Bertz CT molecular complexity index is 1400. The number of ether oxygens (including phenoxy) is 3. The highest BCUT2D eigenvalue weighted by Crippen LogP contribution is 2.32. The molecule has 3 unspecified atom stereocenters. The van der Waals surface area contributed by atoms with Crippen LogP contribution in [0, 0.1) is 17.7 Å². The number of nitrogens with zero attached hydrogens (tertiary/aromatic N) is 2. The fraction of sp³-hybridized carbons (Fsp3) is 0.615. The number of methoxy groups -OCH3 is 1. The minimum absolute atomic E-state index is 0.131. The van der Waals surface area contributed by atoms with E-state index in [0.29, 0.717) is 4.47 Å². The quantitative estimate of drug-likeness (QED) is 0.500. The molecule has 10 heteroatoms. The van der Waals surface area contributed by atoms with Crippen LogP contribution in [0.3, 0.4) is 0 Å². The molecule has 1 aromatic rings. The molecule has 0 bridgehead atoms. The van der Waals surface area contributed by atoms with Crippen LogP contribution < -0.4 is 10.6 Å². The third-order valence-corrected chi connectivity index (χ3v) is 6.13. The number of carbonyl (C=O) groups excluding carboxylic acids is 1. The van der Waals surface area contributed by atoms with Crippen molar-refractivity contribution in [1.29, 1.82) is 0 Å². The highest BCUT2D eigenvalue weighted by atomic mass is 79.9. The molecule has 4 rings (SSSR count). The molecule has 1 saturated heterocycles. The minimum atomic E-state index is -3.22. The second-order valence-electron chi connectivity index (χ2n) is 9.54. The zero-order valence-electron chi connectivity index (χ0n) is 30.2. The smallest absolute Gasteiger partial charge is 0.410 e. The van der Waals surface area contributed by atoms with Gasteiger partial charge in [-0.05, 0) is 64.1 Å². The van der Waals surface area contributed by atoms with Crippen LogP contribution >= 0.6 is 15.9 Å². The van der Waals surface area contributed by atoms with E-state index in [-0.39, 0.29) is 31.6 Å². The number of anilines is 1. The lowest BCUT2D eigenvalue weighted by Crippen LogP contribution is -2.52. The Kier molecular flexibility index (Phi) is 5.30. The van der Waals surface area contributed by atoms with Crippen LogP contribution in [0.1, 0.15) is 53.7 Å². The van der Waals surface area contributed by atoms with E-state index in [1.807, 2.05) is 0 Å². The molecule has 198 valence electrons. The first-order chi connectivity index (χ1) is 20.8. The molecule has 3 atom stereocenters. The van der Waals surface area contributed by atoms with Gasteiger partial charge in [0.25, 0.3) is 0 Å². The molecule has 3 aliphatic rings. The van der Waals surface area contributed by atoms with Crippen molar-refractivity contribution in [2.75, 3.05) is 38.6 Å². The number of halogens is 2. The van der Waals surface area contributed by atoms with Crippen LogP contribution in [-0.4, -0.2) is 67.9 Å². The average molecular weight is 578 g/mol. The number of carbonyl (C=O) groups is 1. The lowest BCUT2D eigenvalue weighted by Gasteiger charge is -2.38. The number of nitrogens with one attached hydrogen (secondary N) is 2. The standard InChI is InChI=1S/C26H36BrFN4O4/c1-26(2,3)36-25(33)32-9-7-16(8-10-32)14-35-23-13-21-18(12-22(23)34-4)24(30-15-29-21)31-20-6-5-17(27)11-19(20)28/h5-6,11,13,16,18,22,24,30-31H,7-10,12,14-15H2,1-4H3/i4D3,12D2,14D2,15D2,24D. The van der Waals surface area contributed by atoms with Gasteiger partial charge < -0.3 is 24.4 Å². The maximum absolute atomic E-state index is 14.8. The zero-order chi connectivity index (χ0) is 34.7. The van der Waals surface area contributed by atoms with Gasteiger partial charge in [0.1, 0.15) is 23.3 Å². The highest BCUT2D eigenvalue weighted by Gasteiger charge is 2.37. The summed E-state index contributed by atoms with van der Waals surface area (Å²) >= 11 is 3.13. The van der Waals surface area contributed by atoms with Crippen molar-refractivity contribution in [3.8, 4) is 0 Å². The van der Waals surface area contributed by atoms with E-state index in [9.17, 15) is 9.18 Å². The maximum Gasteiger partial charge on any atom is 0.410 e. The molecule has 1 aliphatic carbocycles. The first-order valence-electron chi connectivity index (χ1n) is 16.5. The number of hydrogen-bond donors (Lipinski definition) is 2. The summed E-state index contributed by atoms with van der Waals surface area (Å²) in [5, 5.41) is 4.74. The molecule has 36 heavy (non-hydrogen) atoms. The summed E-state index contributed by atoms with van der Waals surface area (Å²) in [5.41, 5.74) is -1.42. The number of rotatable bonds is 6. The Balaban J connectivity index is 1.68. The zero-order valence-corrected chi connectivity index (χ0v) is 21.7. The SMILES string of the molecule is [2H]C1([2H])N=C2C=C(OC([2H])([2H])C3CCN(C(=O)OC(C)(C)C)CC3)C(OC([2H])([2H])[2H])C([2H])([2H])C2C([2H])(Nc2ccc(Br)cc2F)N1. The first kappa shape index (κ1) is 16.6. The molecule has 0 aromatic heterocycles. The normalized spacial score (nSPS) is 34.6. The number of likely N-dealkylation sites (tertiary alicyclic amines) is 1. The van der Waals surface area contributed by atoms with Crippen molar-refractivity contribution in [1.82, 2.24) is 10.2 Å². The summed E-state index contributed by atoms with van der Waals surface area (Å²) in [7, 11) is -3.22. The average Bonchev–Trinajstić information content (AvgIpc) is 2.85. The van der Waals surface area contributed by atoms with Gasteiger partial charge >= 0.3 is 6.09 Å². The van der Waals surface area contributed by atoms with E-state index in [1.54, 1.807) is 20.8 Å². The third kappa shape index (κ3) is 6.77. The summed E-state index contributed by atoms with van der Waals surface area (Å²) < 4.78 is 116. The molecule has 0 saturated carbocycles. The number of allylic oxidation sites excluding steroid dienone is 1. The summed E-state index contributed by atoms with van der Waals surface area (Å²) in [6.07, 6.45) is -6.94. The van der Waals surface area contributed by atoms with Crippen LogP contribution in [0.2, 0.25) is 0 Å². The lowest BCUT2D eigenvalue weighted by atomic mass is 9.85. The Morgan fingerprint density at radius 2 is 2.22 bits per heavy atom. The largest absolute Gasteiger partial charge is 0.495 e. The molecule has 8 nitrogen and oxygen atoms in total. The van der Waals surface area contributed by atoms with Crippen LogP contribution in [0.15, 0.2) is 39.5 Å². The molecule has 1 aromatic carbocycles. The van der Waals surface area contributed by atoms with Crippen LogP contribution in [-0.2, 0) is 14.2 Å². The number of amides is 1. The van der Waals surface area contributed by atoms with Gasteiger partial charge in [-0.1, -0.05) is 15.9 Å². The first-order valence-corrected chi connectivity index (χ1v) is 12.3. The Labute approximate surface area is 234 Å². The minimum Gasteiger partial charge on any atom is -0.495 e. The molecule has 2 heterocycles. The topological polar surface area (TPSA) is 84.4 Å². The second-order valence-corrected chi connectivity index (χ2v) is 10.5. The predicted molar refractivity (Wildman–Crippen MR) is 140 cm³/mol. The van der Waals surface area contributed by atoms with Crippen molar-refractivity contribution in [3.05, 3.63) is 40.3 Å². The Morgan fingerprint density at radius 1 is 1.44 bits per heavy atom. The van der Waals surface area contributed by atoms with Crippen molar-refractivity contribution in [3.63, 3.8) is 0 Å². The van der Waals surface area contributed by atoms with Gasteiger partial charge in [0, 0.05) is 45.0 Å². The summed E-state index contributed by atoms with van der Waals surface area (Å²) in [4.78, 5) is 17.8. The molecule has 1 fully saturated rings. The summed E-state index contributed by atoms with van der Waals surface area (Å²) in [6.45, 7) is 0.211. The van der Waals surface area contributed by atoms with Gasteiger partial charge in [-0.15, -0.1) is 0 Å². The number of hydrogen-bond acceptors (Lipinski definition) is 7. The molecule has 1 amide bonds. The van der Waals surface area contributed by atoms with Gasteiger partial charge in [-0.2, -0.15) is 0 Å². The number of fused-ring (bicyclic) bond motifs is 1. The van der Waals surface area contributed by atoms with Crippen molar-refractivity contribution < 1.29 is 37.1 Å². The van der Waals surface area contributed by atoms with Gasteiger partial charge in [0.2, 0.25) is 0 Å². The molecular weight excluding hydrogens is 531 g/mol. The van der Waals surface area contributed by atoms with Crippen molar-refractivity contribution in [2.45, 2.75) is 57.8 Å². The number of benzene rings is 1. The predicted octanol–water partition coefficient (Wildman–Crippen LogP) is 4.91. The monoisotopic (exact) mass is 576 g/mol. The van der Waals surface area contributed by atoms with Gasteiger partial charge in [0.05, 0.1) is 36.0 Å². The van der Waals surface area contributed by atoms with E-state index in [0.717, 1.165) is 12.1 Å². The van der Waals surface area contributed by atoms with Crippen LogP contribution in [0.5, 0.6) is 0 Å². The third-order valence-electron chi connectivity index (χ3n) is 5.64. The van der Waals surface area contributed by atoms with Gasteiger partial charge in [-0.25, -0.2) is 9.18 Å². The molecule has 2 N–H and O–H groups in total. The Hall–Kier alpha value is -2.17. The van der Waals surface area contributed by atoms with Gasteiger partial charge in [-0.3, -0.25) is 10.3 Å². The van der Waals surface area contributed by atoms with E-state index in [2.05, 4.69) is 31.6 Å². The van der Waals surface area contributed by atoms with Crippen LogP contribution in [0.25, 0.3) is 0 Å². The van der Waals surface area contributed by atoms with E-state index < -0.39 is 79.7 Å². The van der Waals surface area contributed by atoms with E-state index in [1.165, 1.54) is 17.0 Å².